The normalized spacial score (nSPS) is 10.7. The van der Waals surface area contributed by atoms with Crippen LogP contribution in [0.2, 0.25) is 5.02 Å². The smallest absolute Gasteiger partial charge is 0.258 e. The number of benzene rings is 3. The molecule has 4 rings (SSSR count). The highest BCUT2D eigenvalue weighted by Gasteiger charge is 2.19. The zero-order valence-corrected chi connectivity index (χ0v) is 19.9. The number of halogens is 2. The topological polar surface area (TPSA) is 53.8 Å². The summed E-state index contributed by atoms with van der Waals surface area (Å²) in [6.07, 6.45) is 1.79. The van der Waals surface area contributed by atoms with Crippen molar-refractivity contribution in [1.29, 1.82) is 0 Å². The monoisotopic (exact) mass is 490 g/mol. The van der Waals surface area contributed by atoms with E-state index < -0.39 is 0 Å². The summed E-state index contributed by atoms with van der Waals surface area (Å²) in [6.45, 7) is 0.574. The number of hydrogen-bond donors (Lipinski definition) is 0. The maximum atomic E-state index is 13.8. The number of anilines is 1. The largest absolute Gasteiger partial charge is 0.467 e. The first-order chi connectivity index (χ1) is 16.9. The lowest BCUT2D eigenvalue weighted by Crippen LogP contribution is -2.30. The number of carbonyl (C=O) groups is 2. The Kier molecular flexibility index (Phi) is 7.63. The van der Waals surface area contributed by atoms with Gasteiger partial charge >= 0.3 is 0 Å². The molecule has 1 aromatic heterocycles. The van der Waals surface area contributed by atoms with Gasteiger partial charge in [-0.15, -0.1) is 0 Å². The van der Waals surface area contributed by atoms with Crippen molar-refractivity contribution in [2.24, 2.45) is 0 Å². The maximum Gasteiger partial charge on any atom is 0.258 e. The predicted octanol–water partition coefficient (Wildman–Crippen LogP) is 6.12. The highest BCUT2D eigenvalue weighted by atomic mass is 35.5. The molecule has 0 saturated carbocycles. The van der Waals surface area contributed by atoms with Gasteiger partial charge in [0.25, 0.3) is 5.91 Å². The van der Waals surface area contributed by atoms with Crippen molar-refractivity contribution >= 4 is 29.1 Å². The molecule has 7 heteroatoms. The second kappa shape index (κ2) is 11.0. The van der Waals surface area contributed by atoms with Gasteiger partial charge in [0.2, 0.25) is 5.91 Å². The summed E-state index contributed by atoms with van der Waals surface area (Å²) in [4.78, 5) is 29.2. The number of nitrogens with zero attached hydrogens (tertiary/aromatic N) is 2. The first-order valence-electron chi connectivity index (χ1n) is 11.1. The number of furan rings is 1. The summed E-state index contributed by atoms with van der Waals surface area (Å²) in [5.41, 5.74) is 2.57. The van der Waals surface area contributed by atoms with Crippen LogP contribution in [0.4, 0.5) is 10.1 Å². The zero-order chi connectivity index (χ0) is 24.8. The van der Waals surface area contributed by atoms with E-state index in [1.54, 1.807) is 77.7 Å². The molecule has 4 aromatic rings. The molecule has 0 radical (unpaired) electrons. The first-order valence-corrected chi connectivity index (χ1v) is 11.4. The van der Waals surface area contributed by atoms with E-state index in [0.29, 0.717) is 34.1 Å². The van der Waals surface area contributed by atoms with Gasteiger partial charge in [-0.2, -0.15) is 0 Å². The van der Waals surface area contributed by atoms with Gasteiger partial charge in [0.05, 0.1) is 25.8 Å². The molecule has 0 spiro atoms. The van der Waals surface area contributed by atoms with E-state index in [-0.39, 0.29) is 30.6 Å². The summed E-state index contributed by atoms with van der Waals surface area (Å²) in [5, 5.41) is 0.532. The molecule has 0 aliphatic rings. The van der Waals surface area contributed by atoms with Crippen molar-refractivity contribution in [3.05, 3.63) is 124 Å². The van der Waals surface area contributed by atoms with E-state index in [1.165, 1.54) is 12.1 Å². The first kappa shape index (κ1) is 24.2. The Bertz CT molecular complexity index is 1290. The second-order valence-electron chi connectivity index (χ2n) is 8.20. The molecule has 0 unspecified atom stereocenters. The van der Waals surface area contributed by atoms with Gasteiger partial charge in [0.15, 0.2) is 0 Å². The third-order valence-electron chi connectivity index (χ3n) is 5.57. The van der Waals surface area contributed by atoms with Crippen molar-refractivity contribution in [1.82, 2.24) is 4.90 Å². The summed E-state index contributed by atoms with van der Waals surface area (Å²) in [7, 11) is 1.73. The molecule has 35 heavy (non-hydrogen) atoms. The molecule has 0 saturated heterocycles. The van der Waals surface area contributed by atoms with Crippen LogP contribution in [0.15, 0.2) is 95.6 Å². The third kappa shape index (κ3) is 6.37. The number of rotatable bonds is 8. The Morgan fingerprint density at radius 2 is 1.63 bits per heavy atom. The van der Waals surface area contributed by atoms with Crippen molar-refractivity contribution in [3.63, 3.8) is 0 Å². The Balaban J connectivity index is 1.53. The van der Waals surface area contributed by atoms with Crippen LogP contribution in [-0.2, 0) is 24.3 Å². The predicted molar refractivity (Wildman–Crippen MR) is 134 cm³/mol. The van der Waals surface area contributed by atoms with Crippen LogP contribution in [0.3, 0.4) is 0 Å². The Hall–Kier alpha value is -3.90. The number of likely N-dealkylation sites (N-methyl/N-ethyl adjacent to an activating group) is 1. The SMILES string of the molecule is CN(Cc1ccco1)C(=O)Cc1ccc(N(Cc2cccc(F)c2)C(=O)c2ccc(Cl)cc2)cc1. The quantitative estimate of drug-likeness (QED) is 0.299. The van der Waals surface area contributed by atoms with Crippen LogP contribution in [0.25, 0.3) is 0 Å². The minimum absolute atomic E-state index is 0.0528. The van der Waals surface area contributed by atoms with Crippen molar-refractivity contribution in [2.45, 2.75) is 19.5 Å². The lowest BCUT2D eigenvalue weighted by molar-refractivity contribution is -0.129. The minimum Gasteiger partial charge on any atom is -0.467 e. The number of amides is 2. The molecule has 3 aromatic carbocycles. The molecule has 5 nitrogen and oxygen atoms in total. The summed E-state index contributed by atoms with van der Waals surface area (Å²) in [5.74, 6) is 0.0507. The van der Waals surface area contributed by atoms with Gasteiger partial charge in [-0.3, -0.25) is 9.59 Å². The number of hydrogen-bond acceptors (Lipinski definition) is 3. The van der Waals surface area contributed by atoms with Gasteiger partial charge in [-0.25, -0.2) is 4.39 Å². The number of carbonyl (C=O) groups excluding carboxylic acids is 2. The fraction of sp³-hybridized carbons (Fsp3) is 0.143. The second-order valence-corrected chi connectivity index (χ2v) is 8.64. The van der Waals surface area contributed by atoms with E-state index in [1.807, 2.05) is 18.2 Å². The highest BCUT2D eigenvalue weighted by molar-refractivity contribution is 6.30. The lowest BCUT2D eigenvalue weighted by Gasteiger charge is -2.24. The Labute approximate surface area is 208 Å². The van der Waals surface area contributed by atoms with Crippen LogP contribution in [0, 0.1) is 5.82 Å². The summed E-state index contributed by atoms with van der Waals surface area (Å²) >= 11 is 5.98. The highest BCUT2D eigenvalue weighted by Crippen LogP contribution is 2.23. The van der Waals surface area contributed by atoms with Crippen LogP contribution in [0.5, 0.6) is 0 Å². The third-order valence-corrected chi connectivity index (χ3v) is 5.82. The fourth-order valence-electron chi connectivity index (χ4n) is 3.67. The maximum absolute atomic E-state index is 13.8. The molecule has 2 amide bonds. The van der Waals surface area contributed by atoms with Crippen molar-refractivity contribution in [2.75, 3.05) is 11.9 Å². The lowest BCUT2D eigenvalue weighted by atomic mass is 10.1. The van der Waals surface area contributed by atoms with E-state index >= 15 is 0 Å². The molecule has 0 aliphatic carbocycles. The average Bonchev–Trinajstić information content (AvgIpc) is 3.36. The van der Waals surface area contributed by atoms with Gasteiger partial charge in [0.1, 0.15) is 11.6 Å². The Morgan fingerprint density at radius 3 is 2.29 bits per heavy atom. The molecule has 0 fully saturated rings. The van der Waals surface area contributed by atoms with E-state index in [4.69, 9.17) is 16.0 Å². The summed E-state index contributed by atoms with van der Waals surface area (Å²) in [6, 6.07) is 23.6. The molecule has 0 bridgehead atoms. The van der Waals surface area contributed by atoms with E-state index in [2.05, 4.69) is 0 Å². The summed E-state index contributed by atoms with van der Waals surface area (Å²) < 4.78 is 19.1. The van der Waals surface area contributed by atoms with Crippen molar-refractivity contribution in [3.8, 4) is 0 Å². The molecule has 0 N–H and O–H groups in total. The molecule has 1 heterocycles. The molecular formula is C28H24ClFN2O3. The van der Waals surface area contributed by atoms with Crippen LogP contribution in [-0.4, -0.2) is 23.8 Å². The molecule has 0 atom stereocenters. The molecule has 0 aliphatic heterocycles. The van der Waals surface area contributed by atoms with E-state index in [9.17, 15) is 14.0 Å². The molecular weight excluding hydrogens is 467 g/mol. The Morgan fingerprint density at radius 1 is 0.886 bits per heavy atom. The van der Waals surface area contributed by atoms with Gasteiger partial charge in [-0.05, 0) is 71.8 Å². The van der Waals surface area contributed by atoms with Crippen LogP contribution in [0.1, 0.15) is 27.2 Å². The van der Waals surface area contributed by atoms with Crippen LogP contribution < -0.4 is 4.90 Å². The van der Waals surface area contributed by atoms with Crippen LogP contribution >= 0.6 is 11.6 Å². The average molecular weight is 491 g/mol. The molecule has 178 valence electrons. The van der Waals surface area contributed by atoms with Gasteiger partial charge < -0.3 is 14.2 Å². The minimum atomic E-state index is -0.367. The fourth-order valence-corrected chi connectivity index (χ4v) is 3.80. The van der Waals surface area contributed by atoms with Gasteiger partial charge in [-0.1, -0.05) is 35.9 Å². The standard InChI is InChI=1S/C28H24ClFN2O3/c1-31(19-26-6-3-15-35-26)27(33)17-20-7-13-25(14-8-20)32(18-21-4-2-5-24(30)16-21)28(34)22-9-11-23(29)12-10-22/h2-16H,17-19H2,1H3. The van der Waals surface area contributed by atoms with E-state index in [0.717, 1.165) is 5.56 Å². The van der Waals surface area contributed by atoms with Gasteiger partial charge in [0, 0.05) is 23.3 Å². The van der Waals surface area contributed by atoms with Crippen molar-refractivity contribution < 1.29 is 18.4 Å². The zero-order valence-electron chi connectivity index (χ0n) is 19.2.